The van der Waals surface area contributed by atoms with Crippen LogP contribution in [0.2, 0.25) is 0 Å². The van der Waals surface area contributed by atoms with E-state index < -0.39 is 0 Å². The van der Waals surface area contributed by atoms with Crippen molar-refractivity contribution in [1.29, 1.82) is 0 Å². The molecule has 0 saturated carbocycles. The molecule has 1 aromatic rings. The first-order chi connectivity index (χ1) is 11.3. The van der Waals surface area contributed by atoms with Crippen molar-refractivity contribution in [2.45, 2.75) is 25.3 Å². The zero-order chi connectivity index (χ0) is 16.5. The normalized spacial score (nSPS) is 16.3. The van der Waals surface area contributed by atoms with E-state index in [1.807, 2.05) is 25.1 Å². The van der Waals surface area contributed by atoms with Gasteiger partial charge in [0.15, 0.2) is 0 Å². The van der Waals surface area contributed by atoms with Crippen LogP contribution in [0.15, 0.2) is 24.3 Å². The van der Waals surface area contributed by atoms with Crippen LogP contribution in [0.5, 0.6) is 0 Å². The minimum atomic E-state index is 0.389. The number of likely N-dealkylation sites (N-methyl/N-ethyl adjacent to an activating group) is 1. The zero-order valence-electron chi connectivity index (χ0n) is 14.4. The standard InChI is InChI=1S/C18H30N4O/c1-19-10-14-21-11-8-17(9-12-21)22(15-23)13-7-16-5-3-4-6-18(16)20-2/h3-6,15,17,19-20H,7-14H2,1-2H3. The summed E-state index contributed by atoms with van der Waals surface area (Å²) in [6.07, 6.45) is 4.10. The lowest BCUT2D eigenvalue weighted by molar-refractivity contribution is -0.121. The lowest BCUT2D eigenvalue weighted by Gasteiger charge is -2.37. The Kier molecular flexibility index (Phi) is 7.36. The number of nitrogens with zero attached hydrogens (tertiary/aromatic N) is 2. The highest BCUT2D eigenvalue weighted by molar-refractivity contribution is 5.52. The first-order valence-electron chi connectivity index (χ1n) is 8.62. The highest BCUT2D eigenvalue weighted by Gasteiger charge is 2.23. The van der Waals surface area contributed by atoms with Gasteiger partial charge in [-0.3, -0.25) is 4.79 Å². The van der Waals surface area contributed by atoms with E-state index in [2.05, 4.69) is 33.7 Å². The Balaban J connectivity index is 1.83. The number of para-hydroxylation sites is 1. The van der Waals surface area contributed by atoms with Crippen molar-refractivity contribution in [3.8, 4) is 0 Å². The van der Waals surface area contributed by atoms with Gasteiger partial charge in [0, 0.05) is 51.5 Å². The Hall–Kier alpha value is -1.59. The van der Waals surface area contributed by atoms with Crippen LogP contribution in [0, 0.1) is 0 Å². The van der Waals surface area contributed by atoms with Crippen molar-refractivity contribution in [3.05, 3.63) is 29.8 Å². The van der Waals surface area contributed by atoms with Gasteiger partial charge in [0.2, 0.25) is 6.41 Å². The first kappa shape index (κ1) is 17.8. The zero-order valence-corrected chi connectivity index (χ0v) is 14.4. The largest absolute Gasteiger partial charge is 0.388 e. The molecule has 0 unspecified atom stereocenters. The predicted octanol–water partition coefficient (Wildman–Crippen LogP) is 1.41. The number of carbonyl (C=O) groups excluding carboxylic acids is 1. The second-order valence-electron chi connectivity index (χ2n) is 6.18. The third-order valence-electron chi connectivity index (χ3n) is 4.77. The van der Waals surface area contributed by atoms with Crippen LogP contribution in [0.4, 0.5) is 5.69 Å². The number of benzene rings is 1. The molecule has 1 aromatic carbocycles. The minimum absolute atomic E-state index is 0.389. The van der Waals surface area contributed by atoms with Crippen LogP contribution in [-0.4, -0.2) is 69.1 Å². The SMILES string of the molecule is CNCCN1CCC(N(C=O)CCc2ccccc2NC)CC1. The lowest BCUT2D eigenvalue weighted by atomic mass is 10.0. The predicted molar refractivity (Wildman–Crippen MR) is 95.9 cm³/mol. The van der Waals surface area contributed by atoms with Crippen molar-refractivity contribution in [3.63, 3.8) is 0 Å². The molecule has 128 valence electrons. The first-order valence-corrected chi connectivity index (χ1v) is 8.62. The van der Waals surface area contributed by atoms with Gasteiger partial charge in [-0.15, -0.1) is 0 Å². The molecule has 0 spiro atoms. The van der Waals surface area contributed by atoms with Crippen LogP contribution in [0.1, 0.15) is 18.4 Å². The molecule has 0 atom stereocenters. The smallest absolute Gasteiger partial charge is 0.209 e. The molecule has 1 aliphatic heterocycles. The summed E-state index contributed by atoms with van der Waals surface area (Å²) < 4.78 is 0. The van der Waals surface area contributed by atoms with E-state index >= 15 is 0 Å². The molecule has 0 aromatic heterocycles. The monoisotopic (exact) mass is 318 g/mol. The molecule has 1 amide bonds. The summed E-state index contributed by atoms with van der Waals surface area (Å²) in [7, 11) is 3.93. The molecule has 1 fully saturated rings. The van der Waals surface area contributed by atoms with E-state index in [0.29, 0.717) is 6.04 Å². The van der Waals surface area contributed by atoms with E-state index in [-0.39, 0.29) is 0 Å². The molecular formula is C18H30N4O. The number of rotatable bonds is 9. The van der Waals surface area contributed by atoms with Crippen LogP contribution >= 0.6 is 0 Å². The highest BCUT2D eigenvalue weighted by Crippen LogP contribution is 2.18. The number of amides is 1. The number of carbonyl (C=O) groups is 1. The number of likely N-dealkylation sites (tertiary alicyclic amines) is 1. The molecule has 1 heterocycles. The molecule has 23 heavy (non-hydrogen) atoms. The van der Waals surface area contributed by atoms with Gasteiger partial charge < -0.3 is 20.4 Å². The molecule has 0 radical (unpaired) electrons. The van der Waals surface area contributed by atoms with Gasteiger partial charge in [-0.05, 0) is 37.9 Å². The molecule has 1 saturated heterocycles. The van der Waals surface area contributed by atoms with Gasteiger partial charge in [-0.1, -0.05) is 18.2 Å². The number of hydrogen-bond acceptors (Lipinski definition) is 4. The minimum Gasteiger partial charge on any atom is -0.388 e. The number of hydrogen-bond donors (Lipinski definition) is 2. The Morgan fingerprint density at radius 1 is 1.26 bits per heavy atom. The molecular weight excluding hydrogens is 288 g/mol. The van der Waals surface area contributed by atoms with Gasteiger partial charge in [0.25, 0.3) is 0 Å². The second kappa shape index (κ2) is 9.53. The highest BCUT2D eigenvalue weighted by atomic mass is 16.1. The molecule has 2 N–H and O–H groups in total. The van der Waals surface area contributed by atoms with Crippen LogP contribution in [0.3, 0.4) is 0 Å². The third-order valence-corrected chi connectivity index (χ3v) is 4.77. The van der Waals surface area contributed by atoms with Gasteiger partial charge in [-0.25, -0.2) is 0 Å². The summed E-state index contributed by atoms with van der Waals surface area (Å²) in [6.45, 7) is 5.10. The van der Waals surface area contributed by atoms with E-state index in [4.69, 9.17) is 0 Å². The Labute approximate surface area is 140 Å². The fourth-order valence-electron chi connectivity index (χ4n) is 3.30. The number of piperidine rings is 1. The van der Waals surface area contributed by atoms with Gasteiger partial charge >= 0.3 is 0 Å². The van der Waals surface area contributed by atoms with Crippen molar-refractivity contribution in [1.82, 2.24) is 15.1 Å². The van der Waals surface area contributed by atoms with Gasteiger partial charge in [-0.2, -0.15) is 0 Å². The van der Waals surface area contributed by atoms with E-state index in [9.17, 15) is 4.79 Å². The summed E-state index contributed by atoms with van der Waals surface area (Å²) in [5, 5.41) is 6.42. The van der Waals surface area contributed by atoms with Crippen LogP contribution in [-0.2, 0) is 11.2 Å². The maximum Gasteiger partial charge on any atom is 0.209 e. The van der Waals surface area contributed by atoms with E-state index in [1.54, 1.807) is 0 Å². The molecule has 0 aliphatic carbocycles. The lowest BCUT2D eigenvalue weighted by Crippen LogP contribution is -2.46. The summed E-state index contributed by atoms with van der Waals surface area (Å²) in [5.41, 5.74) is 2.42. The van der Waals surface area contributed by atoms with Crippen molar-refractivity contribution in [2.24, 2.45) is 0 Å². The maximum absolute atomic E-state index is 11.5. The summed E-state index contributed by atoms with van der Waals surface area (Å²) in [6, 6.07) is 8.70. The second-order valence-corrected chi connectivity index (χ2v) is 6.18. The number of nitrogens with one attached hydrogen (secondary N) is 2. The van der Waals surface area contributed by atoms with Crippen LogP contribution in [0.25, 0.3) is 0 Å². The van der Waals surface area contributed by atoms with Gasteiger partial charge in [0.1, 0.15) is 0 Å². The summed E-state index contributed by atoms with van der Waals surface area (Å²) in [4.78, 5) is 16.0. The van der Waals surface area contributed by atoms with Crippen LogP contribution < -0.4 is 10.6 Å². The Morgan fingerprint density at radius 2 is 2.00 bits per heavy atom. The molecule has 5 nitrogen and oxygen atoms in total. The fourth-order valence-corrected chi connectivity index (χ4v) is 3.30. The number of anilines is 1. The topological polar surface area (TPSA) is 47.6 Å². The molecule has 1 aliphatic rings. The van der Waals surface area contributed by atoms with E-state index in [1.165, 1.54) is 5.56 Å². The van der Waals surface area contributed by atoms with Crippen molar-refractivity contribution < 1.29 is 4.79 Å². The van der Waals surface area contributed by atoms with Gasteiger partial charge in [0.05, 0.1) is 0 Å². The summed E-state index contributed by atoms with van der Waals surface area (Å²) >= 11 is 0. The van der Waals surface area contributed by atoms with E-state index in [0.717, 1.165) is 64.1 Å². The maximum atomic E-state index is 11.5. The van der Waals surface area contributed by atoms with Crippen molar-refractivity contribution >= 4 is 12.1 Å². The quantitative estimate of drug-likeness (QED) is 0.676. The Morgan fingerprint density at radius 3 is 2.65 bits per heavy atom. The third kappa shape index (κ3) is 5.22. The Bertz CT molecular complexity index is 472. The molecule has 0 bridgehead atoms. The molecule has 5 heteroatoms. The fraction of sp³-hybridized carbons (Fsp3) is 0.611. The van der Waals surface area contributed by atoms with Crippen molar-refractivity contribution in [2.75, 3.05) is 52.1 Å². The average Bonchev–Trinajstić information content (AvgIpc) is 2.61. The summed E-state index contributed by atoms with van der Waals surface area (Å²) in [5.74, 6) is 0. The average molecular weight is 318 g/mol. The molecule has 2 rings (SSSR count).